The Hall–Kier alpha value is -3.71. The number of amides is 3. The first-order valence-corrected chi connectivity index (χ1v) is 9.59. The van der Waals surface area contributed by atoms with Crippen LogP contribution in [0.3, 0.4) is 0 Å². The molecule has 0 saturated heterocycles. The molecular formula is C22H25N5O4. The zero-order chi connectivity index (χ0) is 22.6. The van der Waals surface area contributed by atoms with E-state index < -0.39 is 17.9 Å². The molecular weight excluding hydrogens is 398 g/mol. The number of nitrogens with one attached hydrogen (secondary N) is 3. The largest absolute Gasteiger partial charge is 0.355 e. The normalized spacial score (nSPS) is 10.9. The highest BCUT2D eigenvalue weighted by Crippen LogP contribution is 2.07. The molecule has 0 fully saturated rings. The van der Waals surface area contributed by atoms with E-state index in [4.69, 9.17) is 16.7 Å². The number of rotatable bonds is 8. The van der Waals surface area contributed by atoms with Crippen LogP contribution in [0.5, 0.6) is 0 Å². The highest BCUT2D eigenvalue weighted by Gasteiger charge is 2.19. The summed E-state index contributed by atoms with van der Waals surface area (Å²) in [6.45, 7) is 0.703. The van der Waals surface area contributed by atoms with E-state index in [1.54, 1.807) is 24.3 Å². The molecule has 3 amide bonds. The van der Waals surface area contributed by atoms with Crippen LogP contribution < -0.4 is 27.6 Å². The number of nitrogens with two attached hydrogens (primary N) is 2. The average molecular weight is 423 g/mol. The Kier molecular flexibility index (Phi) is 9.19. The number of carbonyl (C=O) groups excluding carboxylic acids is 3. The van der Waals surface area contributed by atoms with E-state index in [1.807, 2.05) is 24.3 Å². The summed E-state index contributed by atoms with van der Waals surface area (Å²) >= 11 is 0. The summed E-state index contributed by atoms with van der Waals surface area (Å²) in [5.41, 5.74) is 14.9. The fourth-order valence-electron chi connectivity index (χ4n) is 2.57. The van der Waals surface area contributed by atoms with Gasteiger partial charge in [-0.1, -0.05) is 24.0 Å². The maximum absolute atomic E-state index is 12.2. The molecule has 8 N–H and O–H groups in total. The molecule has 0 spiro atoms. The van der Waals surface area contributed by atoms with Crippen molar-refractivity contribution in [2.75, 3.05) is 19.6 Å². The van der Waals surface area contributed by atoms with Crippen molar-refractivity contribution in [1.82, 2.24) is 16.1 Å². The Morgan fingerprint density at radius 3 is 2.03 bits per heavy atom. The third-order valence-electron chi connectivity index (χ3n) is 4.25. The molecule has 2 rings (SSSR count). The first kappa shape index (κ1) is 23.6. The number of hydrogen-bond donors (Lipinski definition) is 6. The van der Waals surface area contributed by atoms with Gasteiger partial charge in [0.1, 0.15) is 6.04 Å². The van der Waals surface area contributed by atoms with E-state index in [9.17, 15) is 14.4 Å². The van der Waals surface area contributed by atoms with Gasteiger partial charge in [0, 0.05) is 36.3 Å². The molecule has 2 aromatic carbocycles. The molecule has 0 heterocycles. The molecule has 0 aliphatic heterocycles. The molecule has 9 heteroatoms. The maximum Gasteiger partial charge on any atom is 0.267 e. The van der Waals surface area contributed by atoms with Gasteiger partial charge in [0.2, 0.25) is 5.91 Å². The minimum absolute atomic E-state index is 0.0804. The molecule has 31 heavy (non-hydrogen) atoms. The summed E-state index contributed by atoms with van der Waals surface area (Å²) in [6, 6.07) is 12.8. The summed E-state index contributed by atoms with van der Waals surface area (Å²) in [5.74, 6) is 4.66. The quantitative estimate of drug-likeness (QED) is 0.186. The van der Waals surface area contributed by atoms with Gasteiger partial charge in [-0.05, 0) is 42.0 Å². The van der Waals surface area contributed by atoms with Crippen LogP contribution in [0.2, 0.25) is 0 Å². The predicted octanol–water partition coefficient (Wildman–Crippen LogP) is -0.734. The lowest BCUT2D eigenvalue weighted by Gasteiger charge is -2.14. The van der Waals surface area contributed by atoms with Crippen molar-refractivity contribution in [3.05, 3.63) is 70.8 Å². The van der Waals surface area contributed by atoms with Crippen molar-refractivity contribution >= 4 is 17.7 Å². The predicted molar refractivity (Wildman–Crippen MR) is 115 cm³/mol. The van der Waals surface area contributed by atoms with E-state index in [0.29, 0.717) is 24.2 Å². The SMILES string of the molecule is NCCNC(=O)Cc1ccc(C#Cc2ccc(C(=O)N[C@@H](CN)C(=O)NO)cc2)cc1. The van der Waals surface area contributed by atoms with Crippen LogP contribution in [0, 0.1) is 11.8 Å². The molecule has 0 radical (unpaired) electrons. The Labute approximate surface area is 180 Å². The van der Waals surface area contributed by atoms with Crippen molar-refractivity contribution in [2.45, 2.75) is 12.5 Å². The molecule has 0 aromatic heterocycles. The average Bonchev–Trinajstić information content (AvgIpc) is 2.80. The van der Waals surface area contributed by atoms with E-state index in [0.717, 1.165) is 11.1 Å². The summed E-state index contributed by atoms with van der Waals surface area (Å²) in [6.07, 6.45) is 0.280. The van der Waals surface area contributed by atoms with Crippen molar-refractivity contribution < 1.29 is 19.6 Å². The van der Waals surface area contributed by atoms with Crippen molar-refractivity contribution in [2.24, 2.45) is 11.5 Å². The molecule has 0 unspecified atom stereocenters. The lowest BCUT2D eigenvalue weighted by molar-refractivity contribution is -0.130. The minimum atomic E-state index is -1.04. The van der Waals surface area contributed by atoms with E-state index >= 15 is 0 Å². The zero-order valence-corrected chi connectivity index (χ0v) is 16.9. The fraction of sp³-hybridized carbons (Fsp3) is 0.227. The third-order valence-corrected chi connectivity index (χ3v) is 4.25. The summed E-state index contributed by atoms with van der Waals surface area (Å²) in [5, 5.41) is 13.8. The Morgan fingerprint density at radius 2 is 1.52 bits per heavy atom. The van der Waals surface area contributed by atoms with Gasteiger partial charge < -0.3 is 22.1 Å². The van der Waals surface area contributed by atoms with Gasteiger partial charge in [0.25, 0.3) is 11.8 Å². The standard InChI is InChI=1S/C22H25N5O4/c23-11-12-25-20(28)13-17-5-3-15(4-6-17)1-2-16-7-9-18(10-8-16)21(29)26-19(14-24)22(30)27-31/h3-10,19,31H,11-14,23-24H2,(H,25,28)(H,26,29)(H,27,30)/t19-/m0/s1. The smallest absolute Gasteiger partial charge is 0.267 e. The van der Waals surface area contributed by atoms with Crippen molar-refractivity contribution in [1.29, 1.82) is 0 Å². The van der Waals surface area contributed by atoms with Crippen LogP contribution in [0.15, 0.2) is 48.5 Å². The first-order valence-electron chi connectivity index (χ1n) is 9.59. The fourth-order valence-corrected chi connectivity index (χ4v) is 2.57. The second kappa shape index (κ2) is 12.1. The molecule has 1 atom stereocenters. The first-order chi connectivity index (χ1) is 15.0. The van der Waals surface area contributed by atoms with Crippen LogP contribution >= 0.6 is 0 Å². The topological polar surface area (TPSA) is 160 Å². The monoisotopic (exact) mass is 423 g/mol. The van der Waals surface area contributed by atoms with Crippen LogP contribution in [-0.4, -0.2) is 48.6 Å². The highest BCUT2D eigenvalue weighted by molar-refractivity contribution is 5.97. The zero-order valence-electron chi connectivity index (χ0n) is 16.9. The molecule has 162 valence electrons. The van der Waals surface area contributed by atoms with Gasteiger partial charge >= 0.3 is 0 Å². The van der Waals surface area contributed by atoms with Gasteiger partial charge in [-0.25, -0.2) is 5.48 Å². The van der Waals surface area contributed by atoms with Gasteiger partial charge in [-0.2, -0.15) is 0 Å². The van der Waals surface area contributed by atoms with Gasteiger partial charge in [0.15, 0.2) is 0 Å². The van der Waals surface area contributed by atoms with Gasteiger partial charge in [0.05, 0.1) is 6.42 Å². The van der Waals surface area contributed by atoms with E-state index in [2.05, 4.69) is 22.5 Å². The lowest BCUT2D eigenvalue weighted by atomic mass is 10.1. The van der Waals surface area contributed by atoms with Crippen LogP contribution in [0.1, 0.15) is 27.0 Å². The van der Waals surface area contributed by atoms with Crippen molar-refractivity contribution in [3.8, 4) is 11.8 Å². The molecule has 0 saturated carbocycles. The number of hydroxylamine groups is 1. The third kappa shape index (κ3) is 7.56. The van der Waals surface area contributed by atoms with E-state index in [1.165, 1.54) is 5.48 Å². The molecule has 0 aliphatic carbocycles. The van der Waals surface area contributed by atoms with Crippen LogP contribution in [0.4, 0.5) is 0 Å². The molecule has 2 aromatic rings. The highest BCUT2D eigenvalue weighted by atomic mass is 16.5. The van der Waals surface area contributed by atoms with Crippen LogP contribution in [0.25, 0.3) is 0 Å². The van der Waals surface area contributed by atoms with Gasteiger partial charge in [-0.15, -0.1) is 0 Å². The maximum atomic E-state index is 12.2. The summed E-state index contributed by atoms with van der Waals surface area (Å²) in [4.78, 5) is 35.3. The summed E-state index contributed by atoms with van der Waals surface area (Å²) < 4.78 is 0. The van der Waals surface area contributed by atoms with Gasteiger partial charge in [-0.3, -0.25) is 19.6 Å². The Morgan fingerprint density at radius 1 is 0.935 bits per heavy atom. The Bertz CT molecular complexity index is 962. The number of carbonyl (C=O) groups is 3. The molecule has 9 nitrogen and oxygen atoms in total. The number of hydrogen-bond acceptors (Lipinski definition) is 6. The van der Waals surface area contributed by atoms with E-state index in [-0.39, 0.29) is 18.9 Å². The minimum Gasteiger partial charge on any atom is -0.355 e. The van der Waals surface area contributed by atoms with Crippen LogP contribution in [-0.2, 0) is 16.0 Å². The second-order valence-corrected chi connectivity index (χ2v) is 6.58. The lowest BCUT2D eigenvalue weighted by Crippen LogP contribution is -2.50. The molecule has 0 bridgehead atoms. The molecule has 0 aliphatic rings. The summed E-state index contributed by atoms with van der Waals surface area (Å²) in [7, 11) is 0. The van der Waals surface area contributed by atoms with Crippen molar-refractivity contribution in [3.63, 3.8) is 0 Å². The number of benzene rings is 2. The Balaban J connectivity index is 1.97. The second-order valence-electron chi connectivity index (χ2n) is 6.58.